The van der Waals surface area contributed by atoms with Crippen molar-refractivity contribution in [1.29, 1.82) is 0 Å². The van der Waals surface area contributed by atoms with E-state index in [0.717, 1.165) is 22.7 Å². The highest BCUT2D eigenvalue weighted by Crippen LogP contribution is 2.33. The molecule has 15 nitrogen and oxygen atoms in total. The molecule has 2 aromatic heterocycles. The monoisotopic (exact) mass is 904 g/mol. The second-order valence-corrected chi connectivity index (χ2v) is 19.9. The van der Waals surface area contributed by atoms with Gasteiger partial charge in [0.2, 0.25) is 5.91 Å². The van der Waals surface area contributed by atoms with Gasteiger partial charge in [0, 0.05) is 17.7 Å². The molecule has 0 fully saturated rings. The van der Waals surface area contributed by atoms with Crippen LogP contribution in [0, 0.1) is 23.7 Å². The van der Waals surface area contributed by atoms with Gasteiger partial charge < -0.3 is 29.0 Å². The summed E-state index contributed by atoms with van der Waals surface area (Å²) in [6, 6.07) is -1.26. The van der Waals surface area contributed by atoms with Gasteiger partial charge in [0.05, 0.1) is 24.4 Å². The van der Waals surface area contributed by atoms with Crippen LogP contribution < -0.4 is 5.32 Å². The molecule has 59 heavy (non-hydrogen) atoms. The summed E-state index contributed by atoms with van der Waals surface area (Å²) < 4.78 is 27.9. The molecular formula is C40H58Cl2N4O11S2. The van der Waals surface area contributed by atoms with Crippen molar-refractivity contribution in [1.82, 2.24) is 20.2 Å². The highest BCUT2D eigenvalue weighted by molar-refractivity contribution is 7.10. The number of nitrogens with zero attached hydrogens (tertiary/aromatic N) is 3. The average Bonchev–Trinajstić information content (AvgIpc) is 3.80. The largest absolute Gasteiger partial charge is 0.460 e. The number of hydrogen-bond donors (Lipinski definition) is 1. The number of hydrogen-bond acceptors (Lipinski definition) is 16. The standard InChI is InChI=1S/C40H58Cl2N4O11S2/c1-20(2)15-25(43-34(49)32(21(3)4)46(10)11)29(54-24(8)47)16-31(48)55-30-17-53-38(51)26-18-59-36(45-26)33(22(5)6)57-37(50)23(7)28(13-12-14-40(9,41)42)56-39(52)27-19-58-35(30)44-27/h18-23,25,28-30,32-33H,12-17H2,1-11H3,(H,43,49)/t23-,25-,28-,29+,30+,32-,33?/m0/s1. The summed E-state index contributed by atoms with van der Waals surface area (Å²) >= 11 is 14.5. The van der Waals surface area contributed by atoms with Gasteiger partial charge in [-0.3, -0.25) is 24.1 Å². The normalized spacial score (nSPS) is 21.0. The first-order valence-electron chi connectivity index (χ1n) is 19.7. The van der Waals surface area contributed by atoms with Crippen molar-refractivity contribution in [2.24, 2.45) is 23.7 Å². The third kappa shape index (κ3) is 15.5. The van der Waals surface area contributed by atoms with Gasteiger partial charge in [0.15, 0.2) is 23.6 Å². The fraction of sp³-hybridized carbons (Fsp3) is 0.700. The van der Waals surface area contributed by atoms with E-state index in [1.54, 1.807) is 32.8 Å². The Morgan fingerprint density at radius 1 is 0.983 bits per heavy atom. The number of ether oxygens (including phenoxy) is 5. The topological polar surface area (TPSA) is 190 Å². The first kappa shape index (κ1) is 50.0. The maximum absolute atomic E-state index is 13.8. The number of rotatable bonds is 16. The highest BCUT2D eigenvalue weighted by Gasteiger charge is 2.37. The van der Waals surface area contributed by atoms with E-state index in [-0.39, 0.29) is 46.5 Å². The van der Waals surface area contributed by atoms with E-state index in [0.29, 0.717) is 24.3 Å². The maximum Gasteiger partial charge on any atom is 0.358 e. The summed E-state index contributed by atoms with van der Waals surface area (Å²) in [4.78, 5) is 90.8. The van der Waals surface area contributed by atoms with Crippen LogP contribution in [-0.4, -0.2) is 99.9 Å². The number of likely N-dealkylation sites (N-methyl/N-ethyl adjacent to an activating group) is 1. The molecule has 0 radical (unpaired) electrons. The number of esters is 5. The summed E-state index contributed by atoms with van der Waals surface area (Å²) in [6.07, 6.45) is -3.36. The summed E-state index contributed by atoms with van der Waals surface area (Å²) in [5.74, 6) is -5.36. The number of halogens is 2. The molecule has 1 aliphatic heterocycles. The summed E-state index contributed by atoms with van der Waals surface area (Å²) in [7, 11) is 3.58. The number of amides is 1. The second kappa shape index (κ2) is 22.5. The minimum Gasteiger partial charge on any atom is -0.460 e. The second-order valence-electron chi connectivity index (χ2n) is 16.3. The number of cyclic esters (lactones) is 3. The van der Waals surface area contributed by atoms with Crippen LogP contribution in [0.1, 0.15) is 138 Å². The molecule has 4 bridgehead atoms. The van der Waals surface area contributed by atoms with Crippen LogP contribution in [0.4, 0.5) is 0 Å². The number of thiazole rings is 2. The zero-order chi connectivity index (χ0) is 44.4. The minimum absolute atomic E-state index is 0.0340. The lowest BCUT2D eigenvalue weighted by Gasteiger charge is -2.33. The average molecular weight is 906 g/mol. The van der Waals surface area contributed by atoms with Crippen molar-refractivity contribution < 1.29 is 52.5 Å². The molecule has 2 aromatic rings. The molecule has 1 amide bonds. The Labute approximate surface area is 364 Å². The van der Waals surface area contributed by atoms with Crippen molar-refractivity contribution in [3.05, 3.63) is 32.2 Å². The Morgan fingerprint density at radius 2 is 1.59 bits per heavy atom. The highest BCUT2D eigenvalue weighted by atomic mass is 35.5. The van der Waals surface area contributed by atoms with Gasteiger partial charge in [-0.15, -0.1) is 45.9 Å². The van der Waals surface area contributed by atoms with Crippen LogP contribution in [-0.2, 0) is 42.9 Å². The van der Waals surface area contributed by atoms with Gasteiger partial charge >= 0.3 is 29.8 Å². The van der Waals surface area contributed by atoms with Gasteiger partial charge in [-0.25, -0.2) is 19.6 Å². The van der Waals surface area contributed by atoms with E-state index in [9.17, 15) is 28.8 Å². The Morgan fingerprint density at radius 3 is 2.15 bits per heavy atom. The predicted octanol–water partition coefficient (Wildman–Crippen LogP) is 7.26. The molecule has 330 valence electrons. The van der Waals surface area contributed by atoms with Gasteiger partial charge in [0.1, 0.15) is 33.2 Å². The Balaban J connectivity index is 2.00. The van der Waals surface area contributed by atoms with E-state index in [4.69, 9.17) is 46.9 Å². The zero-order valence-corrected chi connectivity index (χ0v) is 38.7. The molecule has 0 aromatic carbocycles. The first-order valence-corrected chi connectivity index (χ1v) is 22.2. The quantitative estimate of drug-likeness (QED) is 0.101. The fourth-order valence-corrected chi connectivity index (χ4v) is 8.62. The molecule has 19 heteroatoms. The molecule has 1 unspecified atom stereocenters. The molecule has 3 rings (SSSR count). The summed E-state index contributed by atoms with van der Waals surface area (Å²) in [6.45, 7) is 15.3. The predicted molar refractivity (Wildman–Crippen MR) is 223 cm³/mol. The van der Waals surface area contributed by atoms with Gasteiger partial charge in [-0.05, 0) is 71.4 Å². The molecular weight excluding hydrogens is 847 g/mol. The number of alkyl halides is 2. The molecule has 0 spiro atoms. The molecule has 1 N–H and O–H groups in total. The zero-order valence-electron chi connectivity index (χ0n) is 35.6. The van der Waals surface area contributed by atoms with Crippen LogP contribution >= 0.6 is 45.9 Å². The first-order chi connectivity index (χ1) is 27.5. The Hall–Kier alpha value is -3.38. The summed E-state index contributed by atoms with van der Waals surface area (Å²) in [5.41, 5.74) is -0.205. The molecule has 0 aliphatic carbocycles. The number of carbonyl (C=O) groups is 6. The molecule has 1 aliphatic rings. The van der Waals surface area contributed by atoms with Gasteiger partial charge in [-0.2, -0.15) is 0 Å². The molecule has 0 saturated carbocycles. The van der Waals surface area contributed by atoms with Crippen LogP contribution in [0.5, 0.6) is 0 Å². The van der Waals surface area contributed by atoms with Crippen molar-refractivity contribution in [3.8, 4) is 0 Å². The van der Waals surface area contributed by atoms with Crippen LogP contribution in [0.3, 0.4) is 0 Å². The van der Waals surface area contributed by atoms with Gasteiger partial charge in [0.25, 0.3) is 0 Å². The van der Waals surface area contributed by atoms with Crippen LogP contribution in [0.25, 0.3) is 0 Å². The maximum atomic E-state index is 13.8. The minimum atomic E-state index is -1.32. The lowest BCUT2D eigenvalue weighted by Crippen LogP contribution is -2.54. The number of carbonyl (C=O) groups excluding carboxylic acids is 6. The van der Waals surface area contributed by atoms with Crippen molar-refractivity contribution >= 4 is 81.6 Å². The molecule has 3 heterocycles. The van der Waals surface area contributed by atoms with E-state index in [1.807, 2.05) is 41.5 Å². The van der Waals surface area contributed by atoms with E-state index in [1.165, 1.54) is 17.7 Å². The number of fused-ring (bicyclic) bond motifs is 4. The van der Waals surface area contributed by atoms with Crippen LogP contribution in [0.15, 0.2) is 10.8 Å². The molecule has 0 saturated heterocycles. The Kier molecular flexibility index (Phi) is 19.0. The molecule has 7 atom stereocenters. The lowest BCUT2D eigenvalue weighted by molar-refractivity contribution is -0.161. The van der Waals surface area contributed by atoms with Crippen molar-refractivity contribution in [2.75, 3.05) is 20.7 Å². The van der Waals surface area contributed by atoms with Gasteiger partial charge in [-0.1, -0.05) is 41.5 Å². The SMILES string of the molecule is CC(=O)O[C@H](CC(=O)O[C@@H]1COC(=O)c2csc(n2)C(C(C)C)OC(=O)[C@@H](C)[C@H](CCCC(C)(Cl)Cl)OC(=O)c2csc1n2)[C@H](CC(C)C)NC(=O)[C@H](C(C)C)N(C)C. The third-order valence-corrected chi connectivity index (χ3v) is 11.6. The van der Waals surface area contributed by atoms with E-state index < -0.39 is 89.6 Å². The van der Waals surface area contributed by atoms with Crippen LogP contribution in [0.2, 0.25) is 0 Å². The number of nitrogens with one attached hydrogen (secondary N) is 1. The van der Waals surface area contributed by atoms with E-state index in [2.05, 4.69) is 15.3 Å². The fourth-order valence-electron chi connectivity index (χ4n) is 6.56. The number of aromatic nitrogens is 2. The van der Waals surface area contributed by atoms with Crippen molar-refractivity contribution in [2.45, 2.75) is 135 Å². The lowest BCUT2D eigenvalue weighted by atomic mass is 9.95. The van der Waals surface area contributed by atoms with E-state index >= 15 is 0 Å². The Bertz CT molecular complexity index is 1750. The smallest absolute Gasteiger partial charge is 0.358 e. The van der Waals surface area contributed by atoms with Crippen molar-refractivity contribution in [3.63, 3.8) is 0 Å². The third-order valence-electron chi connectivity index (χ3n) is 9.40. The summed E-state index contributed by atoms with van der Waals surface area (Å²) in [5, 5.41) is 6.31.